The number of carbonyl (C=O) groups is 1. The lowest BCUT2D eigenvalue weighted by molar-refractivity contribution is -0.153. The fourth-order valence-corrected chi connectivity index (χ4v) is 3.46. The molecule has 2 fully saturated rings. The van der Waals surface area contributed by atoms with E-state index in [1.54, 1.807) is 6.33 Å². The van der Waals surface area contributed by atoms with Crippen molar-refractivity contribution in [1.82, 2.24) is 24.6 Å². The molecule has 1 N–H and O–H groups in total. The summed E-state index contributed by atoms with van der Waals surface area (Å²) in [5.41, 5.74) is -0.829. The van der Waals surface area contributed by atoms with Gasteiger partial charge in [-0.05, 0) is 13.8 Å². The van der Waals surface area contributed by atoms with Crippen LogP contribution in [0.15, 0.2) is 6.33 Å². The van der Waals surface area contributed by atoms with E-state index in [0.717, 1.165) is 38.5 Å². The Morgan fingerprint density at radius 3 is 2.70 bits per heavy atom. The van der Waals surface area contributed by atoms with Gasteiger partial charge in [-0.1, -0.05) is 0 Å². The minimum atomic E-state index is -0.829. The first kappa shape index (κ1) is 16.4. The number of nitrogens with zero attached hydrogens (tertiary/aromatic N) is 5. The number of carboxylic acids is 1. The van der Waals surface area contributed by atoms with Gasteiger partial charge in [-0.3, -0.25) is 14.6 Å². The van der Waals surface area contributed by atoms with Gasteiger partial charge in [0, 0.05) is 45.2 Å². The molecule has 0 radical (unpaired) electrons. The first-order chi connectivity index (χ1) is 11.0. The maximum atomic E-state index is 11.7. The Labute approximate surface area is 136 Å². The Hall–Kier alpha value is -1.51. The fraction of sp³-hybridized carbons (Fsp3) is 0.800. The molecule has 2 aliphatic heterocycles. The zero-order valence-electron chi connectivity index (χ0n) is 13.8. The minimum Gasteiger partial charge on any atom is -0.480 e. The zero-order valence-corrected chi connectivity index (χ0v) is 13.8. The van der Waals surface area contributed by atoms with Crippen molar-refractivity contribution in [3.63, 3.8) is 0 Å². The van der Waals surface area contributed by atoms with Crippen molar-refractivity contribution >= 4 is 5.97 Å². The summed E-state index contributed by atoms with van der Waals surface area (Å²) in [4.78, 5) is 20.5. The standard InChI is InChI=1S/C15H25N5O3/c1-12(2)20-13(16-11-17-20)9-18-4-6-19(7-5-18)15(14(21)22)3-8-23-10-15/h11-12H,3-10H2,1-2H3,(H,21,22). The van der Waals surface area contributed by atoms with E-state index in [9.17, 15) is 9.90 Å². The van der Waals surface area contributed by atoms with Crippen LogP contribution in [-0.4, -0.2) is 80.6 Å². The monoisotopic (exact) mass is 323 g/mol. The molecule has 1 unspecified atom stereocenters. The van der Waals surface area contributed by atoms with Crippen molar-refractivity contribution in [2.75, 3.05) is 39.4 Å². The highest BCUT2D eigenvalue weighted by Gasteiger charge is 2.48. The highest BCUT2D eigenvalue weighted by molar-refractivity contribution is 5.79. The van der Waals surface area contributed by atoms with Crippen molar-refractivity contribution in [3.8, 4) is 0 Å². The quantitative estimate of drug-likeness (QED) is 0.830. The fourth-order valence-electron chi connectivity index (χ4n) is 3.46. The number of hydrogen-bond donors (Lipinski definition) is 1. The molecular formula is C15H25N5O3. The van der Waals surface area contributed by atoms with Gasteiger partial charge in [0.15, 0.2) is 0 Å². The third kappa shape index (κ3) is 3.11. The molecule has 1 aromatic heterocycles. The normalized spacial score (nSPS) is 26.9. The second-order valence-electron chi connectivity index (χ2n) is 6.62. The Morgan fingerprint density at radius 1 is 1.39 bits per heavy atom. The minimum absolute atomic E-state index is 0.291. The highest BCUT2D eigenvalue weighted by Crippen LogP contribution is 2.28. The lowest BCUT2D eigenvalue weighted by atomic mass is 9.95. The Balaban J connectivity index is 1.60. The summed E-state index contributed by atoms with van der Waals surface area (Å²) in [5, 5.41) is 13.9. The van der Waals surface area contributed by atoms with E-state index in [0.29, 0.717) is 25.7 Å². The molecule has 2 saturated heterocycles. The van der Waals surface area contributed by atoms with Crippen LogP contribution in [0.2, 0.25) is 0 Å². The van der Waals surface area contributed by atoms with Crippen LogP contribution in [0.5, 0.6) is 0 Å². The molecule has 128 valence electrons. The van der Waals surface area contributed by atoms with Crippen molar-refractivity contribution in [1.29, 1.82) is 0 Å². The number of aliphatic carboxylic acids is 1. The van der Waals surface area contributed by atoms with Crippen LogP contribution in [0, 0.1) is 0 Å². The van der Waals surface area contributed by atoms with Crippen molar-refractivity contribution in [2.45, 2.75) is 38.4 Å². The second kappa shape index (κ2) is 6.54. The molecule has 2 aliphatic rings. The van der Waals surface area contributed by atoms with Gasteiger partial charge in [0.2, 0.25) is 0 Å². The van der Waals surface area contributed by atoms with Crippen molar-refractivity contribution in [3.05, 3.63) is 12.2 Å². The lowest BCUT2D eigenvalue weighted by Gasteiger charge is -2.42. The molecule has 1 aromatic rings. The Bertz CT molecular complexity index is 545. The highest BCUT2D eigenvalue weighted by atomic mass is 16.5. The predicted octanol–water partition coefficient (Wildman–Crippen LogP) is 0.220. The summed E-state index contributed by atoms with van der Waals surface area (Å²) in [5.74, 6) is 0.202. The Morgan fingerprint density at radius 2 is 2.13 bits per heavy atom. The van der Waals surface area contributed by atoms with Crippen LogP contribution in [0.4, 0.5) is 0 Å². The number of aromatic nitrogens is 3. The lowest BCUT2D eigenvalue weighted by Crippen LogP contribution is -2.61. The second-order valence-corrected chi connectivity index (χ2v) is 6.62. The smallest absolute Gasteiger partial charge is 0.326 e. The largest absolute Gasteiger partial charge is 0.480 e. The molecule has 0 aliphatic carbocycles. The number of carboxylic acid groups (broad SMARTS) is 1. The van der Waals surface area contributed by atoms with Gasteiger partial charge in [-0.25, -0.2) is 9.67 Å². The average Bonchev–Trinajstić information content (AvgIpc) is 3.17. The first-order valence-electron chi connectivity index (χ1n) is 8.20. The summed E-state index contributed by atoms with van der Waals surface area (Å²) in [6.07, 6.45) is 2.17. The predicted molar refractivity (Wildman–Crippen MR) is 83.1 cm³/mol. The number of rotatable bonds is 5. The summed E-state index contributed by atoms with van der Waals surface area (Å²) in [6, 6.07) is 0.291. The van der Waals surface area contributed by atoms with Gasteiger partial charge >= 0.3 is 5.97 Å². The molecule has 0 spiro atoms. The SMILES string of the molecule is CC(C)n1ncnc1CN1CCN(C2(C(=O)O)CCOC2)CC1. The van der Waals surface area contributed by atoms with Crippen LogP contribution >= 0.6 is 0 Å². The maximum Gasteiger partial charge on any atom is 0.326 e. The summed E-state index contributed by atoms with van der Waals surface area (Å²) < 4.78 is 7.31. The van der Waals surface area contributed by atoms with E-state index in [4.69, 9.17) is 4.74 Å². The topological polar surface area (TPSA) is 83.7 Å². The molecule has 8 heteroatoms. The summed E-state index contributed by atoms with van der Waals surface area (Å²) in [7, 11) is 0. The van der Waals surface area contributed by atoms with Gasteiger partial charge in [0.05, 0.1) is 13.2 Å². The van der Waals surface area contributed by atoms with Gasteiger partial charge < -0.3 is 9.84 Å². The van der Waals surface area contributed by atoms with E-state index in [-0.39, 0.29) is 0 Å². The molecule has 23 heavy (non-hydrogen) atoms. The van der Waals surface area contributed by atoms with Gasteiger partial charge in [-0.15, -0.1) is 0 Å². The third-order valence-electron chi connectivity index (χ3n) is 4.88. The molecule has 8 nitrogen and oxygen atoms in total. The van der Waals surface area contributed by atoms with Crippen LogP contribution in [0.25, 0.3) is 0 Å². The molecule has 0 aromatic carbocycles. The van der Waals surface area contributed by atoms with Crippen LogP contribution in [0.1, 0.15) is 32.1 Å². The molecule has 0 bridgehead atoms. The molecule has 3 rings (SSSR count). The van der Waals surface area contributed by atoms with E-state index >= 15 is 0 Å². The number of hydrogen-bond acceptors (Lipinski definition) is 6. The molecule has 3 heterocycles. The Kier molecular flexibility index (Phi) is 4.65. The van der Waals surface area contributed by atoms with Gasteiger partial charge in [-0.2, -0.15) is 5.10 Å². The van der Waals surface area contributed by atoms with Crippen molar-refractivity contribution in [2.24, 2.45) is 0 Å². The van der Waals surface area contributed by atoms with E-state index in [1.165, 1.54) is 0 Å². The zero-order chi connectivity index (χ0) is 16.4. The molecule has 1 atom stereocenters. The van der Waals surface area contributed by atoms with Gasteiger partial charge in [0.1, 0.15) is 17.7 Å². The number of ether oxygens (including phenoxy) is 1. The van der Waals surface area contributed by atoms with E-state index < -0.39 is 11.5 Å². The van der Waals surface area contributed by atoms with Crippen LogP contribution < -0.4 is 0 Å². The van der Waals surface area contributed by atoms with Crippen LogP contribution in [0.3, 0.4) is 0 Å². The van der Waals surface area contributed by atoms with Gasteiger partial charge in [0.25, 0.3) is 0 Å². The maximum absolute atomic E-state index is 11.7. The third-order valence-corrected chi connectivity index (χ3v) is 4.88. The summed E-state index contributed by atoms with van der Waals surface area (Å²) in [6.45, 7) is 8.91. The molecule has 0 saturated carbocycles. The van der Waals surface area contributed by atoms with Crippen LogP contribution in [-0.2, 0) is 16.1 Å². The average molecular weight is 323 g/mol. The van der Waals surface area contributed by atoms with E-state index in [2.05, 4.69) is 33.7 Å². The molecule has 0 amide bonds. The van der Waals surface area contributed by atoms with Crippen molar-refractivity contribution < 1.29 is 14.6 Å². The van der Waals surface area contributed by atoms with E-state index in [1.807, 2.05) is 4.68 Å². The summed E-state index contributed by atoms with van der Waals surface area (Å²) >= 11 is 0. The molecular weight excluding hydrogens is 298 g/mol. The first-order valence-corrected chi connectivity index (χ1v) is 8.20. The number of piperazine rings is 1.